The number of nitrogens with zero attached hydrogens (tertiary/aromatic N) is 3. The van der Waals surface area contributed by atoms with Gasteiger partial charge < -0.3 is 14.8 Å². The molecule has 1 N–H and O–H groups in total. The van der Waals surface area contributed by atoms with Crippen LogP contribution in [0.25, 0.3) is 0 Å². The molecule has 1 saturated heterocycles. The van der Waals surface area contributed by atoms with E-state index in [-0.39, 0.29) is 9.92 Å². The molecule has 3 aliphatic rings. The molecule has 35 heavy (non-hydrogen) atoms. The minimum atomic E-state index is -3.66. The van der Waals surface area contributed by atoms with Gasteiger partial charge in [-0.05, 0) is 79.1 Å². The highest BCUT2D eigenvalue weighted by atomic mass is 32.2. The number of benzene rings is 2. The van der Waals surface area contributed by atoms with E-state index in [0.29, 0.717) is 30.5 Å². The fourth-order valence-electron chi connectivity index (χ4n) is 5.61. The molecule has 0 radical (unpaired) electrons. The van der Waals surface area contributed by atoms with Crippen molar-refractivity contribution in [1.29, 1.82) is 0 Å². The second kappa shape index (κ2) is 8.80. The number of nitrogens with one attached hydrogen (secondary N) is 1. The third kappa shape index (κ3) is 4.34. The fraction of sp³-hybridized carbons (Fsp3) is 0.385. The highest BCUT2D eigenvalue weighted by Gasteiger charge is 2.41. The number of aryl methyl sites for hydroxylation is 1. The zero-order valence-corrected chi connectivity index (χ0v) is 20.4. The molecule has 3 heterocycles. The summed E-state index contributed by atoms with van der Waals surface area (Å²) in [5.41, 5.74) is 2.53. The number of sulfone groups is 1. The topological polar surface area (TPSA) is 93.7 Å². The first-order valence-electron chi connectivity index (χ1n) is 12.0. The number of fused-ring (bicyclic) bond motifs is 2. The van der Waals surface area contributed by atoms with Crippen LogP contribution in [0.5, 0.6) is 11.5 Å². The molecule has 9 heteroatoms. The zero-order chi connectivity index (χ0) is 24.0. The lowest BCUT2D eigenvalue weighted by atomic mass is 10.0. The fourth-order valence-corrected chi connectivity index (χ4v) is 6.76. The van der Waals surface area contributed by atoms with Gasteiger partial charge in [0.15, 0.2) is 16.5 Å². The van der Waals surface area contributed by atoms with E-state index in [1.807, 2.05) is 0 Å². The van der Waals surface area contributed by atoms with Gasteiger partial charge in [-0.2, -0.15) is 0 Å². The molecule has 6 rings (SSSR count). The van der Waals surface area contributed by atoms with Crippen LogP contribution >= 0.6 is 0 Å². The first-order valence-corrected chi connectivity index (χ1v) is 13.5. The van der Waals surface area contributed by atoms with Crippen LogP contribution in [0, 0.1) is 18.8 Å². The molecule has 8 nitrogen and oxygen atoms in total. The second-order valence-electron chi connectivity index (χ2n) is 9.73. The Bertz CT molecular complexity index is 1320. The van der Waals surface area contributed by atoms with Crippen molar-refractivity contribution >= 4 is 15.7 Å². The summed E-state index contributed by atoms with van der Waals surface area (Å²) in [6.45, 7) is 5.52. The van der Waals surface area contributed by atoms with Crippen LogP contribution in [0.4, 0.5) is 5.82 Å². The first kappa shape index (κ1) is 22.3. The van der Waals surface area contributed by atoms with Crippen LogP contribution in [0.15, 0.2) is 64.5 Å². The molecular formula is C26H28N4O4S. The molecule has 0 spiro atoms. The first-order chi connectivity index (χ1) is 17.0. The van der Waals surface area contributed by atoms with Crippen LogP contribution in [0.3, 0.4) is 0 Å². The lowest BCUT2D eigenvalue weighted by molar-refractivity contribution is 0.174. The Balaban J connectivity index is 1.05. The molecular weight excluding hydrogens is 464 g/mol. The van der Waals surface area contributed by atoms with E-state index >= 15 is 0 Å². The average Bonchev–Trinajstić information content (AvgIpc) is 3.55. The van der Waals surface area contributed by atoms with Crippen molar-refractivity contribution in [3.05, 3.63) is 65.7 Å². The van der Waals surface area contributed by atoms with Gasteiger partial charge in [0, 0.05) is 25.7 Å². The van der Waals surface area contributed by atoms with Gasteiger partial charge in [0.2, 0.25) is 16.6 Å². The van der Waals surface area contributed by atoms with E-state index in [9.17, 15) is 8.42 Å². The van der Waals surface area contributed by atoms with E-state index in [1.54, 1.807) is 36.4 Å². The van der Waals surface area contributed by atoms with Gasteiger partial charge >= 0.3 is 0 Å². The largest absolute Gasteiger partial charge is 0.454 e. The predicted octanol–water partition coefficient (Wildman–Crippen LogP) is 3.67. The summed E-state index contributed by atoms with van der Waals surface area (Å²) in [6.07, 6.45) is 2.15. The van der Waals surface area contributed by atoms with Crippen molar-refractivity contribution in [3.63, 3.8) is 0 Å². The summed E-state index contributed by atoms with van der Waals surface area (Å²) in [6, 6.07) is 16.1. The molecule has 182 valence electrons. The maximum atomic E-state index is 12.7. The van der Waals surface area contributed by atoms with Gasteiger partial charge in [0.05, 0.1) is 4.90 Å². The van der Waals surface area contributed by atoms with Gasteiger partial charge in [-0.25, -0.2) is 8.42 Å². The third-order valence-corrected chi connectivity index (χ3v) is 9.03. The quantitative estimate of drug-likeness (QED) is 0.557. The van der Waals surface area contributed by atoms with E-state index in [4.69, 9.17) is 9.47 Å². The minimum Gasteiger partial charge on any atom is -0.454 e. The minimum absolute atomic E-state index is 0.0352. The molecule has 3 aromatic rings. The Morgan fingerprint density at radius 1 is 0.971 bits per heavy atom. The maximum absolute atomic E-state index is 12.7. The highest BCUT2D eigenvalue weighted by Crippen LogP contribution is 2.41. The Kier molecular flexibility index (Phi) is 5.61. The molecule has 0 bridgehead atoms. The summed E-state index contributed by atoms with van der Waals surface area (Å²) in [5.74, 6) is 3.60. The summed E-state index contributed by atoms with van der Waals surface area (Å²) in [7, 11) is -3.66. The smallest absolute Gasteiger partial charge is 0.231 e. The summed E-state index contributed by atoms with van der Waals surface area (Å²) in [5, 5.41) is 11.6. The monoisotopic (exact) mass is 492 g/mol. The molecule has 1 saturated carbocycles. The SMILES string of the molecule is Cc1cc2c(cc1CN1C[C@H]3C[C@@H](Nc4ccc(S(=O)(=O)c5ccccc5)nn4)C[C@H]3C1)OCO2. The lowest BCUT2D eigenvalue weighted by Crippen LogP contribution is -2.25. The van der Waals surface area contributed by atoms with Crippen molar-refractivity contribution in [2.24, 2.45) is 11.8 Å². The molecule has 0 unspecified atom stereocenters. The normalized spacial score (nSPS) is 23.4. The Morgan fingerprint density at radius 2 is 1.69 bits per heavy atom. The standard InChI is InChI=1S/C26H28N4O4S/c1-17-9-23-24(34-16-33-23)12-18(17)13-30-14-19-10-21(11-20(19)15-30)27-25-7-8-26(29-28-25)35(31,32)22-5-3-2-4-6-22/h2-9,12,19-21H,10-11,13-16H2,1H3,(H,27,28)/t19-,20+,21-. The maximum Gasteiger partial charge on any atom is 0.231 e. The summed E-state index contributed by atoms with van der Waals surface area (Å²) >= 11 is 0. The predicted molar refractivity (Wildman–Crippen MR) is 130 cm³/mol. The van der Waals surface area contributed by atoms with E-state index in [1.165, 1.54) is 17.2 Å². The number of aromatic nitrogens is 2. The molecule has 2 fully saturated rings. The van der Waals surface area contributed by atoms with Gasteiger partial charge in [0.25, 0.3) is 0 Å². The van der Waals surface area contributed by atoms with Crippen molar-refractivity contribution in [2.45, 2.75) is 42.3 Å². The summed E-state index contributed by atoms with van der Waals surface area (Å²) < 4.78 is 36.5. The van der Waals surface area contributed by atoms with Crippen LogP contribution < -0.4 is 14.8 Å². The lowest BCUT2D eigenvalue weighted by Gasteiger charge is -2.21. The summed E-state index contributed by atoms with van der Waals surface area (Å²) in [4.78, 5) is 2.76. The number of ether oxygens (including phenoxy) is 2. The van der Waals surface area contributed by atoms with Crippen molar-refractivity contribution < 1.29 is 17.9 Å². The third-order valence-electron chi connectivity index (χ3n) is 7.37. The zero-order valence-electron chi connectivity index (χ0n) is 19.6. The van der Waals surface area contributed by atoms with Crippen LogP contribution in [-0.2, 0) is 16.4 Å². The average molecular weight is 493 g/mol. The van der Waals surface area contributed by atoms with Gasteiger partial charge in [-0.15, -0.1) is 10.2 Å². The Morgan fingerprint density at radius 3 is 2.37 bits per heavy atom. The highest BCUT2D eigenvalue weighted by molar-refractivity contribution is 7.91. The molecule has 3 atom stereocenters. The molecule has 1 aliphatic carbocycles. The van der Waals surface area contributed by atoms with Crippen molar-refractivity contribution in [3.8, 4) is 11.5 Å². The van der Waals surface area contributed by atoms with Crippen molar-refractivity contribution in [1.82, 2.24) is 15.1 Å². The number of rotatable bonds is 6. The van der Waals surface area contributed by atoms with Gasteiger partial charge in [0.1, 0.15) is 5.82 Å². The molecule has 2 aromatic carbocycles. The molecule has 2 aliphatic heterocycles. The number of anilines is 1. The van der Waals surface area contributed by atoms with Gasteiger partial charge in [-0.1, -0.05) is 18.2 Å². The number of likely N-dealkylation sites (tertiary alicyclic amines) is 1. The van der Waals surface area contributed by atoms with Crippen LogP contribution in [0.1, 0.15) is 24.0 Å². The number of hydrogen-bond acceptors (Lipinski definition) is 8. The van der Waals surface area contributed by atoms with Crippen LogP contribution in [-0.4, -0.2) is 49.4 Å². The van der Waals surface area contributed by atoms with E-state index in [2.05, 4.69) is 39.5 Å². The second-order valence-corrected chi connectivity index (χ2v) is 11.6. The van der Waals surface area contributed by atoms with Crippen molar-refractivity contribution in [2.75, 3.05) is 25.2 Å². The molecule has 0 amide bonds. The Hall–Kier alpha value is -3.17. The Labute approximate surface area is 205 Å². The van der Waals surface area contributed by atoms with E-state index in [0.717, 1.165) is 44.0 Å². The van der Waals surface area contributed by atoms with E-state index < -0.39 is 9.84 Å². The van der Waals surface area contributed by atoms with Crippen LogP contribution in [0.2, 0.25) is 0 Å². The molecule has 1 aromatic heterocycles. The van der Waals surface area contributed by atoms with Gasteiger partial charge in [-0.3, -0.25) is 4.90 Å². The number of hydrogen-bond donors (Lipinski definition) is 1.